The van der Waals surface area contributed by atoms with E-state index in [4.69, 9.17) is 0 Å². The van der Waals surface area contributed by atoms with Crippen molar-refractivity contribution in [3.63, 3.8) is 0 Å². The fraction of sp³-hybridized carbons (Fsp3) is 0.480. The van der Waals surface area contributed by atoms with Crippen molar-refractivity contribution >= 4 is 5.78 Å². The molecule has 0 saturated heterocycles. The van der Waals surface area contributed by atoms with E-state index in [1.165, 1.54) is 68.1 Å². The highest BCUT2D eigenvalue weighted by molar-refractivity contribution is 5.94. The van der Waals surface area contributed by atoms with Gasteiger partial charge in [-0.1, -0.05) is 68.3 Å². The molecule has 0 atom stereocenters. The number of Topliss-reactive ketones (excluding diaryl/α,β-unsaturated/α-hetero) is 1. The summed E-state index contributed by atoms with van der Waals surface area (Å²) in [6, 6.07) is 17.7. The molecular formula is C25H32O. The van der Waals surface area contributed by atoms with Crippen molar-refractivity contribution in [3.05, 3.63) is 70.8 Å². The molecule has 138 valence electrons. The van der Waals surface area contributed by atoms with Gasteiger partial charge < -0.3 is 0 Å². The number of hydrogen-bond acceptors (Lipinski definition) is 1. The van der Waals surface area contributed by atoms with Gasteiger partial charge in [-0.05, 0) is 74.0 Å². The van der Waals surface area contributed by atoms with E-state index in [0.29, 0.717) is 11.8 Å². The molecule has 1 heteroatoms. The summed E-state index contributed by atoms with van der Waals surface area (Å²) in [6.45, 7) is 3.90. The highest BCUT2D eigenvalue weighted by atomic mass is 16.1. The number of unbranched alkanes of at least 4 members (excludes halogenated alkanes) is 2. The van der Waals surface area contributed by atoms with Crippen LogP contribution in [0.15, 0.2) is 48.5 Å². The zero-order chi connectivity index (χ0) is 18.4. The molecule has 1 aliphatic rings. The van der Waals surface area contributed by atoms with E-state index in [0.717, 1.165) is 5.56 Å². The Morgan fingerprint density at radius 2 is 1.31 bits per heavy atom. The summed E-state index contributed by atoms with van der Waals surface area (Å²) in [4.78, 5) is 11.4. The van der Waals surface area contributed by atoms with Gasteiger partial charge in [-0.2, -0.15) is 0 Å². The predicted molar refractivity (Wildman–Crippen MR) is 110 cm³/mol. The summed E-state index contributed by atoms with van der Waals surface area (Å²) in [6.07, 6.45) is 10.2. The lowest BCUT2D eigenvalue weighted by molar-refractivity contribution is 0.101. The van der Waals surface area contributed by atoms with Gasteiger partial charge in [0.05, 0.1) is 0 Å². The molecule has 0 unspecified atom stereocenters. The van der Waals surface area contributed by atoms with Gasteiger partial charge in [-0.25, -0.2) is 0 Å². The molecular weight excluding hydrogens is 316 g/mol. The number of benzene rings is 2. The van der Waals surface area contributed by atoms with E-state index in [1.54, 1.807) is 6.92 Å². The Balaban J connectivity index is 1.53. The Bertz CT molecular complexity index is 688. The number of carbonyl (C=O) groups is 1. The van der Waals surface area contributed by atoms with Crippen LogP contribution in [0.4, 0.5) is 0 Å². The minimum absolute atomic E-state index is 0.151. The van der Waals surface area contributed by atoms with E-state index in [2.05, 4.69) is 43.3 Å². The number of ketones is 1. The molecule has 1 aliphatic carbocycles. The molecule has 3 rings (SSSR count). The van der Waals surface area contributed by atoms with Crippen LogP contribution in [0.1, 0.15) is 97.7 Å². The van der Waals surface area contributed by atoms with Gasteiger partial charge in [0.15, 0.2) is 5.78 Å². The van der Waals surface area contributed by atoms with Crippen molar-refractivity contribution < 1.29 is 4.79 Å². The Labute approximate surface area is 158 Å². The molecule has 0 N–H and O–H groups in total. The van der Waals surface area contributed by atoms with E-state index >= 15 is 0 Å². The van der Waals surface area contributed by atoms with E-state index in [1.807, 2.05) is 12.1 Å². The summed E-state index contributed by atoms with van der Waals surface area (Å²) >= 11 is 0. The highest BCUT2D eigenvalue weighted by Crippen LogP contribution is 2.40. The average Bonchev–Trinajstić information content (AvgIpc) is 2.69. The van der Waals surface area contributed by atoms with Crippen LogP contribution < -0.4 is 0 Å². The second kappa shape index (κ2) is 9.16. The Morgan fingerprint density at radius 1 is 0.808 bits per heavy atom. The third kappa shape index (κ3) is 4.84. The van der Waals surface area contributed by atoms with Gasteiger partial charge in [-0.3, -0.25) is 4.79 Å². The molecule has 0 amide bonds. The van der Waals surface area contributed by atoms with Crippen LogP contribution in [0.5, 0.6) is 0 Å². The number of hydrogen-bond donors (Lipinski definition) is 0. The minimum atomic E-state index is 0.151. The lowest BCUT2D eigenvalue weighted by Gasteiger charge is -2.29. The molecule has 0 bridgehead atoms. The summed E-state index contributed by atoms with van der Waals surface area (Å²) in [5, 5.41) is 0. The number of aryl methyl sites for hydroxylation is 1. The third-order valence-electron chi connectivity index (χ3n) is 6.04. The monoisotopic (exact) mass is 348 g/mol. The summed E-state index contributed by atoms with van der Waals surface area (Å²) in [7, 11) is 0. The van der Waals surface area contributed by atoms with E-state index in [9.17, 15) is 4.79 Å². The SMILES string of the molecule is CCCCCc1ccc(C2CCC(c3ccc(C(C)=O)cc3)CC2)cc1. The van der Waals surface area contributed by atoms with Crippen LogP contribution >= 0.6 is 0 Å². The molecule has 1 nitrogen and oxygen atoms in total. The third-order valence-corrected chi connectivity index (χ3v) is 6.04. The first-order valence-electron chi connectivity index (χ1n) is 10.4. The molecule has 26 heavy (non-hydrogen) atoms. The van der Waals surface area contributed by atoms with Crippen LogP contribution in [0, 0.1) is 0 Å². The molecule has 0 aromatic heterocycles. The zero-order valence-electron chi connectivity index (χ0n) is 16.3. The molecule has 2 aromatic rings. The summed E-state index contributed by atoms with van der Waals surface area (Å²) < 4.78 is 0. The highest BCUT2D eigenvalue weighted by Gasteiger charge is 2.23. The standard InChI is InChI=1S/C25H32O/c1-3-4-5-6-20-7-9-22(10-8-20)24-15-17-25(18-16-24)23-13-11-21(12-14-23)19(2)26/h7-14,24-25H,3-6,15-18H2,1-2H3. The van der Waals surface area contributed by atoms with Gasteiger partial charge >= 0.3 is 0 Å². The predicted octanol–water partition coefficient (Wildman–Crippen LogP) is 7.06. The van der Waals surface area contributed by atoms with Crippen LogP contribution in [0.3, 0.4) is 0 Å². The molecule has 1 fully saturated rings. The molecule has 0 aliphatic heterocycles. The second-order valence-corrected chi connectivity index (χ2v) is 7.93. The molecule has 1 saturated carbocycles. The Kier molecular flexibility index (Phi) is 6.66. The number of carbonyl (C=O) groups excluding carboxylic acids is 1. The average molecular weight is 349 g/mol. The van der Waals surface area contributed by atoms with Crippen LogP contribution in [0.25, 0.3) is 0 Å². The fourth-order valence-corrected chi connectivity index (χ4v) is 4.29. The van der Waals surface area contributed by atoms with Gasteiger partial charge in [0, 0.05) is 5.56 Å². The molecule has 0 radical (unpaired) electrons. The minimum Gasteiger partial charge on any atom is -0.295 e. The number of rotatable bonds is 7. The molecule has 2 aromatic carbocycles. The molecule has 0 spiro atoms. The lowest BCUT2D eigenvalue weighted by atomic mass is 9.76. The van der Waals surface area contributed by atoms with Gasteiger partial charge in [-0.15, -0.1) is 0 Å². The lowest BCUT2D eigenvalue weighted by Crippen LogP contribution is -2.12. The zero-order valence-corrected chi connectivity index (χ0v) is 16.3. The van der Waals surface area contributed by atoms with Crippen molar-refractivity contribution in [1.82, 2.24) is 0 Å². The quantitative estimate of drug-likeness (QED) is 0.386. The Hall–Kier alpha value is -1.89. The Morgan fingerprint density at radius 3 is 1.77 bits per heavy atom. The van der Waals surface area contributed by atoms with Crippen molar-refractivity contribution in [2.24, 2.45) is 0 Å². The topological polar surface area (TPSA) is 17.1 Å². The van der Waals surface area contributed by atoms with E-state index in [-0.39, 0.29) is 5.78 Å². The van der Waals surface area contributed by atoms with Gasteiger partial charge in [0.2, 0.25) is 0 Å². The van der Waals surface area contributed by atoms with Crippen molar-refractivity contribution in [1.29, 1.82) is 0 Å². The fourth-order valence-electron chi connectivity index (χ4n) is 4.29. The maximum Gasteiger partial charge on any atom is 0.159 e. The van der Waals surface area contributed by atoms with Crippen LogP contribution in [-0.4, -0.2) is 5.78 Å². The first kappa shape index (κ1) is 18.9. The molecule has 0 heterocycles. The van der Waals surface area contributed by atoms with Gasteiger partial charge in [0.1, 0.15) is 0 Å². The van der Waals surface area contributed by atoms with Crippen LogP contribution in [0.2, 0.25) is 0 Å². The van der Waals surface area contributed by atoms with Crippen molar-refractivity contribution in [3.8, 4) is 0 Å². The second-order valence-electron chi connectivity index (χ2n) is 7.93. The van der Waals surface area contributed by atoms with Crippen molar-refractivity contribution in [2.75, 3.05) is 0 Å². The maximum atomic E-state index is 11.4. The normalized spacial score (nSPS) is 20.1. The van der Waals surface area contributed by atoms with E-state index < -0.39 is 0 Å². The summed E-state index contributed by atoms with van der Waals surface area (Å²) in [5.41, 5.74) is 5.23. The van der Waals surface area contributed by atoms with Crippen LogP contribution in [-0.2, 0) is 6.42 Å². The first-order valence-corrected chi connectivity index (χ1v) is 10.4. The maximum absolute atomic E-state index is 11.4. The summed E-state index contributed by atoms with van der Waals surface area (Å²) in [5.74, 6) is 1.52. The largest absolute Gasteiger partial charge is 0.295 e. The first-order chi connectivity index (χ1) is 12.7. The smallest absolute Gasteiger partial charge is 0.159 e. The van der Waals surface area contributed by atoms with Crippen molar-refractivity contribution in [2.45, 2.75) is 77.0 Å². The van der Waals surface area contributed by atoms with Gasteiger partial charge in [0.25, 0.3) is 0 Å².